The summed E-state index contributed by atoms with van der Waals surface area (Å²) in [4.78, 5) is 37.9. The van der Waals surface area contributed by atoms with Crippen LogP contribution in [0.4, 0.5) is 17.3 Å². The quantitative estimate of drug-likeness (QED) is 0.631. The van der Waals surface area contributed by atoms with Gasteiger partial charge in [0.05, 0.1) is 11.3 Å². The molecule has 0 radical (unpaired) electrons. The van der Waals surface area contributed by atoms with Crippen LogP contribution in [0.2, 0.25) is 0 Å². The number of carbonyl (C=O) groups excluding carboxylic acids is 2. The van der Waals surface area contributed by atoms with Crippen molar-refractivity contribution in [1.82, 2.24) is 14.8 Å². The number of hydrogen-bond acceptors (Lipinski definition) is 6. The Kier molecular flexibility index (Phi) is 3.26. The van der Waals surface area contributed by atoms with Gasteiger partial charge in [-0.15, -0.1) is 0 Å². The third kappa shape index (κ3) is 2.37. The van der Waals surface area contributed by atoms with Crippen LogP contribution < -0.4 is 10.6 Å². The minimum absolute atomic E-state index is 0.0784. The minimum Gasteiger partial charge on any atom is -0.320 e. The van der Waals surface area contributed by atoms with Gasteiger partial charge in [-0.25, -0.2) is 4.68 Å². The van der Waals surface area contributed by atoms with E-state index in [0.717, 1.165) is 0 Å². The zero-order valence-electron chi connectivity index (χ0n) is 11.1. The molecule has 2 heterocycles. The number of rotatable bonds is 4. The van der Waals surface area contributed by atoms with Crippen molar-refractivity contribution < 1.29 is 14.5 Å². The Bertz CT molecular complexity index is 770. The highest BCUT2D eigenvalue weighted by molar-refractivity contribution is 6.01. The lowest BCUT2D eigenvalue weighted by Gasteiger charge is -2.09. The van der Waals surface area contributed by atoms with Crippen LogP contribution in [0.15, 0.2) is 30.6 Å². The van der Waals surface area contributed by atoms with E-state index in [9.17, 15) is 19.7 Å². The van der Waals surface area contributed by atoms with Gasteiger partial charge >= 0.3 is 0 Å². The van der Waals surface area contributed by atoms with Gasteiger partial charge < -0.3 is 5.32 Å². The van der Waals surface area contributed by atoms with Crippen molar-refractivity contribution in [1.29, 1.82) is 0 Å². The molecule has 1 aliphatic rings. The molecule has 1 aromatic carbocycles. The molecule has 0 saturated carbocycles. The molecule has 0 fully saturated rings. The van der Waals surface area contributed by atoms with E-state index >= 15 is 0 Å². The predicted molar refractivity (Wildman–Crippen MR) is 74.0 cm³/mol. The lowest BCUT2D eigenvalue weighted by molar-refractivity contribution is -0.383. The van der Waals surface area contributed by atoms with E-state index in [0.29, 0.717) is 0 Å². The molecule has 0 bridgehead atoms. The average molecular weight is 302 g/mol. The number of para-hydroxylation sites is 2. The van der Waals surface area contributed by atoms with E-state index in [2.05, 4.69) is 20.7 Å². The van der Waals surface area contributed by atoms with Crippen LogP contribution in [0.1, 0.15) is 12.5 Å². The predicted octanol–water partition coefficient (Wildman–Crippen LogP) is 0.708. The Morgan fingerprint density at radius 1 is 1.45 bits per heavy atom. The molecule has 1 aliphatic heterocycles. The molecule has 1 atom stereocenters. The van der Waals surface area contributed by atoms with Crippen LogP contribution in [-0.2, 0) is 9.59 Å². The summed E-state index contributed by atoms with van der Waals surface area (Å²) in [5, 5.41) is 19.7. The maximum Gasteiger partial charge on any atom is 0.292 e. The summed E-state index contributed by atoms with van der Waals surface area (Å²) in [5.74, 6) is -0.653. The number of benzene rings is 1. The zero-order valence-corrected chi connectivity index (χ0v) is 11.1. The summed E-state index contributed by atoms with van der Waals surface area (Å²) >= 11 is 0. The van der Waals surface area contributed by atoms with E-state index in [1.165, 1.54) is 29.2 Å². The molecule has 10 heteroatoms. The van der Waals surface area contributed by atoms with Crippen molar-refractivity contribution in [3.8, 4) is 0 Å². The number of nitro groups is 1. The number of carbonyl (C=O) groups is 2. The standard InChI is InChI=1S/C12H10N6O4/c19-10(15-7-3-1-2-4-8(7)18(21)22)5-9-11(20)16-12-13-6-14-17(9)12/h1-4,6,9H,5H2,(H,15,19)(H,13,14,16,20)/t9-/m1/s1. The second-order valence-electron chi connectivity index (χ2n) is 4.56. The second-order valence-corrected chi connectivity index (χ2v) is 4.56. The molecular formula is C12H10N6O4. The fourth-order valence-electron chi connectivity index (χ4n) is 2.17. The smallest absolute Gasteiger partial charge is 0.292 e. The number of nitrogens with zero attached hydrogens (tertiary/aromatic N) is 4. The number of nitro benzene ring substituents is 1. The van der Waals surface area contributed by atoms with Crippen molar-refractivity contribution >= 4 is 29.1 Å². The molecular weight excluding hydrogens is 292 g/mol. The first-order valence-corrected chi connectivity index (χ1v) is 6.30. The summed E-state index contributed by atoms with van der Waals surface area (Å²) in [6.45, 7) is 0. The first kappa shape index (κ1) is 13.7. The second kappa shape index (κ2) is 5.24. The van der Waals surface area contributed by atoms with Crippen LogP contribution in [0.25, 0.3) is 0 Å². The number of hydrogen-bond donors (Lipinski definition) is 2. The maximum absolute atomic E-state index is 12.0. The van der Waals surface area contributed by atoms with Crippen molar-refractivity contribution in [3.05, 3.63) is 40.7 Å². The van der Waals surface area contributed by atoms with E-state index in [1.54, 1.807) is 6.07 Å². The van der Waals surface area contributed by atoms with Gasteiger partial charge in [0.2, 0.25) is 11.9 Å². The molecule has 22 heavy (non-hydrogen) atoms. The van der Waals surface area contributed by atoms with Gasteiger partial charge in [0.15, 0.2) is 0 Å². The van der Waals surface area contributed by atoms with Gasteiger partial charge in [-0.2, -0.15) is 10.1 Å². The molecule has 2 amide bonds. The number of fused-ring (bicyclic) bond motifs is 1. The summed E-state index contributed by atoms with van der Waals surface area (Å²) in [6.07, 6.45) is 1.07. The van der Waals surface area contributed by atoms with Crippen LogP contribution in [0.5, 0.6) is 0 Å². The molecule has 0 saturated heterocycles. The van der Waals surface area contributed by atoms with Gasteiger partial charge in [-0.05, 0) is 6.07 Å². The van der Waals surface area contributed by atoms with Gasteiger partial charge in [-0.1, -0.05) is 12.1 Å². The minimum atomic E-state index is -0.819. The first-order chi connectivity index (χ1) is 10.6. The number of amides is 2. The lowest BCUT2D eigenvalue weighted by atomic mass is 10.2. The molecule has 1 aromatic heterocycles. The monoisotopic (exact) mass is 302 g/mol. The molecule has 2 N–H and O–H groups in total. The van der Waals surface area contributed by atoms with Crippen LogP contribution >= 0.6 is 0 Å². The van der Waals surface area contributed by atoms with E-state index < -0.39 is 22.8 Å². The molecule has 0 spiro atoms. The number of aromatic nitrogens is 3. The third-order valence-electron chi connectivity index (χ3n) is 3.16. The van der Waals surface area contributed by atoms with E-state index in [4.69, 9.17) is 0 Å². The van der Waals surface area contributed by atoms with Crippen LogP contribution in [0.3, 0.4) is 0 Å². The highest BCUT2D eigenvalue weighted by Gasteiger charge is 2.34. The normalized spacial score (nSPS) is 16.0. The molecule has 2 aromatic rings. The highest BCUT2D eigenvalue weighted by Crippen LogP contribution is 2.26. The summed E-state index contributed by atoms with van der Waals surface area (Å²) in [5.41, 5.74) is -0.136. The summed E-state index contributed by atoms with van der Waals surface area (Å²) in [6, 6.07) is 4.96. The zero-order chi connectivity index (χ0) is 15.7. The first-order valence-electron chi connectivity index (χ1n) is 6.30. The Hall–Kier alpha value is -3.30. The Balaban J connectivity index is 1.74. The van der Waals surface area contributed by atoms with Crippen molar-refractivity contribution in [2.24, 2.45) is 0 Å². The van der Waals surface area contributed by atoms with Crippen LogP contribution in [0, 0.1) is 10.1 Å². The molecule has 10 nitrogen and oxygen atoms in total. The fourth-order valence-corrected chi connectivity index (χ4v) is 2.17. The average Bonchev–Trinajstić information content (AvgIpc) is 3.02. The number of anilines is 2. The molecule has 112 valence electrons. The Labute approximate surface area is 123 Å². The van der Waals surface area contributed by atoms with Crippen LogP contribution in [-0.4, -0.2) is 31.5 Å². The highest BCUT2D eigenvalue weighted by atomic mass is 16.6. The van der Waals surface area contributed by atoms with Gasteiger partial charge in [-0.3, -0.25) is 25.0 Å². The Morgan fingerprint density at radius 3 is 3.00 bits per heavy atom. The molecule has 3 rings (SSSR count). The fraction of sp³-hybridized carbons (Fsp3) is 0.167. The van der Waals surface area contributed by atoms with E-state index in [1.807, 2.05) is 0 Å². The SMILES string of the molecule is O=C(C[C@@H]1C(=O)Nc2ncnn21)Nc1ccccc1[N+](=O)[O-]. The van der Waals surface area contributed by atoms with Crippen molar-refractivity contribution in [3.63, 3.8) is 0 Å². The largest absolute Gasteiger partial charge is 0.320 e. The number of nitrogens with one attached hydrogen (secondary N) is 2. The molecule has 0 unspecified atom stereocenters. The third-order valence-corrected chi connectivity index (χ3v) is 3.16. The van der Waals surface area contributed by atoms with E-state index in [-0.39, 0.29) is 23.7 Å². The molecule has 0 aliphatic carbocycles. The van der Waals surface area contributed by atoms with Gasteiger partial charge in [0.25, 0.3) is 11.6 Å². The Morgan fingerprint density at radius 2 is 2.23 bits per heavy atom. The topological polar surface area (TPSA) is 132 Å². The maximum atomic E-state index is 12.0. The summed E-state index contributed by atoms with van der Waals surface area (Å²) in [7, 11) is 0. The van der Waals surface area contributed by atoms with Crippen molar-refractivity contribution in [2.75, 3.05) is 10.6 Å². The van der Waals surface area contributed by atoms with Crippen molar-refractivity contribution in [2.45, 2.75) is 12.5 Å². The summed E-state index contributed by atoms with van der Waals surface area (Å²) < 4.78 is 1.31. The lowest BCUT2D eigenvalue weighted by Crippen LogP contribution is -2.23. The van der Waals surface area contributed by atoms with Gasteiger partial charge in [0, 0.05) is 6.07 Å². The van der Waals surface area contributed by atoms with Gasteiger partial charge in [0.1, 0.15) is 18.1 Å².